The molecule has 34 heavy (non-hydrogen) atoms. The van der Waals surface area contributed by atoms with Crippen molar-refractivity contribution in [1.82, 2.24) is 14.1 Å². The van der Waals surface area contributed by atoms with Crippen LogP contribution in [0.15, 0.2) is 108 Å². The minimum Gasteiger partial charge on any atom is -0.296 e. The molecule has 0 unspecified atom stereocenters. The van der Waals surface area contributed by atoms with Crippen LogP contribution in [0.3, 0.4) is 0 Å². The summed E-state index contributed by atoms with van der Waals surface area (Å²) in [5.74, 6) is 0.357. The first kappa shape index (κ1) is 22.1. The van der Waals surface area contributed by atoms with Crippen LogP contribution in [0.25, 0.3) is 22.3 Å². The maximum Gasteiger partial charge on any atom is 0.279 e. The van der Waals surface area contributed by atoms with Gasteiger partial charge in [-0.2, -0.15) is 0 Å². The van der Waals surface area contributed by atoms with E-state index in [9.17, 15) is 9.59 Å². The molecule has 7 heteroatoms. The molecule has 1 aromatic heterocycles. The number of nitrogens with zero attached hydrogens (tertiary/aromatic N) is 2. The highest BCUT2D eigenvalue weighted by Crippen LogP contribution is 2.22. The number of hydrogen-bond donors (Lipinski definition) is 1. The highest BCUT2D eigenvalue weighted by molar-refractivity contribution is 7.97. The van der Waals surface area contributed by atoms with E-state index in [4.69, 9.17) is 11.6 Å². The lowest BCUT2D eigenvalue weighted by molar-refractivity contribution is 0.0984. The predicted octanol–water partition coefficient (Wildman–Crippen LogP) is 6.01. The van der Waals surface area contributed by atoms with E-state index in [1.165, 1.54) is 11.9 Å². The Balaban J connectivity index is 1.49. The Morgan fingerprint density at radius 3 is 2.06 bits per heavy atom. The summed E-state index contributed by atoms with van der Waals surface area (Å²) in [6.07, 6.45) is 0. The van der Waals surface area contributed by atoms with E-state index in [0.717, 1.165) is 22.5 Å². The monoisotopic (exact) mass is 485 g/mol. The topological polar surface area (TPSA) is 56.0 Å². The number of carbonyl (C=O) groups excluding carboxylic acids is 1. The van der Waals surface area contributed by atoms with Crippen molar-refractivity contribution in [2.45, 2.75) is 5.75 Å². The van der Waals surface area contributed by atoms with E-state index in [-0.39, 0.29) is 11.5 Å². The van der Waals surface area contributed by atoms with Crippen molar-refractivity contribution in [3.63, 3.8) is 0 Å². The van der Waals surface area contributed by atoms with Crippen LogP contribution in [0.4, 0.5) is 0 Å². The third-order valence-electron chi connectivity index (χ3n) is 5.43. The molecule has 0 aliphatic rings. The molecule has 0 saturated heterocycles. The van der Waals surface area contributed by atoms with E-state index in [2.05, 4.69) is 4.72 Å². The highest BCUT2D eigenvalue weighted by atomic mass is 35.5. The molecule has 0 aliphatic carbocycles. The molecule has 1 N–H and O–H groups in total. The van der Waals surface area contributed by atoms with Crippen molar-refractivity contribution in [2.75, 3.05) is 0 Å². The zero-order valence-electron chi connectivity index (χ0n) is 18.0. The van der Waals surface area contributed by atoms with Gasteiger partial charge in [-0.1, -0.05) is 60.1 Å². The standard InChI is InChI=1S/C27H20ClN3O2S/c28-21-14-11-19(12-15-21)18-34-29-26(32)20-13-16-25-24(17-20)27(33)31(23-9-5-2-6-10-23)30(25)22-7-3-1-4-8-22/h1-17H,18H2,(H,29,32). The summed E-state index contributed by atoms with van der Waals surface area (Å²) < 4.78 is 6.37. The summed E-state index contributed by atoms with van der Waals surface area (Å²) >= 11 is 7.22. The lowest BCUT2D eigenvalue weighted by atomic mass is 10.1. The zero-order valence-corrected chi connectivity index (χ0v) is 19.6. The quantitative estimate of drug-likeness (QED) is 0.299. The third kappa shape index (κ3) is 4.38. The average Bonchev–Trinajstić information content (AvgIpc) is 3.18. The van der Waals surface area contributed by atoms with Gasteiger partial charge in [-0.3, -0.25) is 14.3 Å². The first-order valence-corrected chi connectivity index (χ1v) is 12.0. The highest BCUT2D eigenvalue weighted by Gasteiger charge is 2.18. The zero-order chi connectivity index (χ0) is 23.5. The second-order valence-electron chi connectivity index (χ2n) is 7.68. The van der Waals surface area contributed by atoms with Gasteiger partial charge in [0.15, 0.2) is 0 Å². The number of para-hydroxylation sites is 2. The van der Waals surface area contributed by atoms with Crippen LogP contribution in [0.1, 0.15) is 15.9 Å². The largest absolute Gasteiger partial charge is 0.296 e. The molecule has 0 radical (unpaired) electrons. The van der Waals surface area contributed by atoms with Gasteiger partial charge >= 0.3 is 0 Å². The summed E-state index contributed by atoms with van der Waals surface area (Å²) in [6, 6.07) is 31.9. The van der Waals surface area contributed by atoms with Gasteiger partial charge in [0, 0.05) is 16.3 Å². The summed E-state index contributed by atoms with van der Waals surface area (Å²) in [6.45, 7) is 0. The van der Waals surface area contributed by atoms with Gasteiger partial charge in [0.05, 0.1) is 22.3 Å². The SMILES string of the molecule is O=C(NSCc1ccc(Cl)cc1)c1ccc2c(c1)c(=O)n(-c1ccccc1)n2-c1ccccc1. The Bertz CT molecular complexity index is 1510. The lowest BCUT2D eigenvalue weighted by Gasteiger charge is -2.13. The number of nitrogens with one attached hydrogen (secondary N) is 1. The van der Waals surface area contributed by atoms with Crippen molar-refractivity contribution in [1.29, 1.82) is 0 Å². The smallest absolute Gasteiger partial charge is 0.279 e. The van der Waals surface area contributed by atoms with Gasteiger partial charge in [0.2, 0.25) is 0 Å². The number of benzene rings is 4. The number of fused-ring (bicyclic) bond motifs is 1. The molecule has 1 amide bonds. The fourth-order valence-electron chi connectivity index (χ4n) is 3.80. The van der Waals surface area contributed by atoms with Crippen LogP contribution in [-0.4, -0.2) is 15.3 Å². The Morgan fingerprint density at radius 2 is 1.41 bits per heavy atom. The summed E-state index contributed by atoms with van der Waals surface area (Å²) in [7, 11) is 0. The molecular weight excluding hydrogens is 466 g/mol. The van der Waals surface area contributed by atoms with Gasteiger partial charge < -0.3 is 0 Å². The molecule has 0 fully saturated rings. The summed E-state index contributed by atoms with van der Waals surface area (Å²) in [5.41, 5.74) is 3.62. The molecule has 0 bridgehead atoms. The molecular formula is C27H20ClN3O2S. The van der Waals surface area contributed by atoms with Crippen molar-refractivity contribution >= 4 is 40.4 Å². The van der Waals surface area contributed by atoms with Crippen LogP contribution < -0.4 is 10.3 Å². The fraction of sp³-hybridized carbons (Fsp3) is 0.0370. The molecule has 4 aromatic carbocycles. The van der Waals surface area contributed by atoms with E-state index in [1.807, 2.05) is 95.7 Å². The first-order valence-electron chi connectivity index (χ1n) is 10.7. The van der Waals surface area contributed by atoms with Gasteiger partial charge in [-0.05, 0) is 72.1 Å². The number of amides is 1. The minimum atomic E-state index is -0.251. The second-order valence-corrected chi connectivity index (χ2v) is 8.90. The van der Waals surface area contributed by atoms with Crippen molar-refractivity contribution in [3.8, 4) is 11.4 Å². The minimum absolute atomic E-state index is 0.187. The fourth-order valence-corrected chi connectivity index (χ4v) is 4.60. The van der Waals surface area contributed by atoms with Gasteiger partial charge in [-0.25, -0.2) is 9.36 Å². The number of rotatable bonds is 6. The molecule has 1 heterocycles. The normalized spacial score (nSPS) is 11.0. The maximum atomic E-state index is 13.5. The number of halogens is 1. The van der Waals surface area contributed by atoms with Gasteiger partial charge in [0.1, 0.15) is 0 Å². The van der Waals surface area contributed by atoms with Crippen LogP contribution in [0, 0.1) is 0 Å². The Morgan fingerprint density at radius 1 is 0.794 bits per heavy atom. The van der Waals surface area contributed by atoms with Crippen LogP contribution in [-0.2, 0) is 5.75 Å². The van der Waals surface area contributed by atoms with E-state index in [1.54, 1.807) is 16.8 Å². The van der Waals surface area contributed by atoms with Crippen molar-refractivity contribution in [2.24, 2.45) is 0 Å². The molecule has 5 rings (SSSR count). The van der Waals surface area contributed by atoms with Crippen molar-refractivity contribution < 1.29 is 4.79 Å². The number of hydrogen-bond acceptors (Lipinski definition) is 3. The van der Waals surface area contributed by atoms with Gasteiger partial charge in [0.25, 0.3) is 11.5 Å². The number of carbonyl (C=O) groups is 1. The Kier molecular flexibility index (Phi) is 6.25. The average molecular weight is 486 g/mol. The number of aromatic nitrogens is 2. The lowest BCUT2D eigenvalue weighted by Crippen LogP contribution is -2.20. The molecule has 5 nitrogen and oxygen atoms in total. The Labute approximate surface area is 205 Å². The summed E-state index contributed by atoms with van der Waals surface area (Å²) in [5, 5.41) is 1.15. The molecule has 5 aromatic rings. The predicted molar refractivity (Wildman–Crippen MR) is 139 cm³/mol. The van der Waals surface area contributed by atoms with E-state index in [0.29, 0.717) is 21.7 Å². The molecule has 168 valence electrons. The van der Waals surface area contributed by atoms with E-state index < -0.39 is 0 Å². The maximum absolute atomic E-state index is 13.5. The second kappa shape index (κ2) is 9.63. The molecule has 0 atom stereocenters. The third-order valence-corrected chi connectivity index (χ3v) is 6.49. The van der Waals surface area contributed by atoms with Crippen LogP contribution in [0.5, 0.6) is 0 Å². The molecule has 0 aliphatic heterocycles. The van der Waals surface area contributed by atoms with Crippen molar-refractivity contribution in [3.05, 3.63) is 130 Å². The first-order chi connectivity index (χ1) is 16.6. The molecule has 0 spiro atoms. The summed E-state index contributed by atoms with van der Waals surface area (Å²) in [4.78, 5) is 26.3. The van der Waals surface area contributed by atoms with Crippen LogP contribution in [0.2, 0.25) is 5.02 Å². The Hall–Kier alpha value is -3.74. The molecule has 0 saturated carbocycles. The van der Waals surface area contributed by atoms with Crippen LogP contribution >= 0.6 is 23.5 Å². The van der Waals surface area contributed by atoms with Gasteiger partial charge in [-0.15, -0.1) is 0 Å². The van der Waals surface area contributed by atoms with E-state index >= 15 is 0 Å².